The first-order valence-electron chi connectivity index (χ1n) is 8.63. The van der Waals surface area contributed by atoms with Gasteiger partial charge in [0.25, 0.3) is 5.91 Å². The highest BCUT2D eigenvalue weighted by Gasteiger charge is 2.38. The van der Waals surface area contributed by atoms with E-state index in [4.69, 9.17) is 4.74 Å². The minimum Gasteiger partial charge on any atom is -0.482 e. The maximum absolute atomic E-state index is 13.5. The van der Waals surface area contributed by atoms with E-state index >= 15 is 0 Å². The third kappa shape index (κ3) is 2.37. The van der Waals surface area contributed by atoms with Gasteiger partial charge in [-0.15, -0.1) is 0 Å². The molecule has 2 N–H and O–H groups in total. The molecule has 2 aliphatic heterocycles. The highest BCUT2D eigenvalue weighted by molar-refractivity contribution is 6.32. The van der Waals surface area contributed by atoms with Crippen molar-refractivity contribution in [1.29, 1.82) is 0 Å². The van der Waals surface area contributed by atoms with Crippen molar-refractivity contribution < 1.29 is 13.9 Å². The monoisotopic (exact) mass is 361 g/mol. The molecule has 27 heavy (non-hydrogen) atoms. The van der Waals surface area contributed by atoms with Gasteiger partial charge in [-0.05, 0) is 49.8 Å². The van der Waals surface area contributed by atoms with E-state index in [0.29, 0.717) is 22.6 Å². The van der Waals surface area contributed by atoms with Crippen LogP contribution in [-0.2, 0) is 9.53 Å². The maximum Gasteiger partial charge on any atom is 0.260 e. The van der Waals surface area contributed by atoms with Crippen molar-refractivity contribution in [3.05, 3.63) is 71.4 Å². The second-order valence-electron chi connectivity index (χ2n) is 7.23. The van der Waals surface area contributed by atoms with Crippen LogP contribution in [0, 0.1) is 5.82 Å². The molecule has 0 unspecified atom stereocenters. The van der Waals surface area contributed by atoms with Crippen LogP contribution in [0.2, 0.25) is 0 Å². The van der Waals surface area contributed by atoms with Crippen LogP contribution >= 0.6 is 0 Å². The van der Waals surface area contributed by atoms with Crippen molar-refractivity contribution >= 4 is 33.6 Å². The largest absolute Gasteiger partial charge is 0.482 e. The fourth-order valence-corrected chi connectivity index (χ4v) is 3.71. The average molecular weight is 361 g/mol. The number of hydrogen-bond acceptors (Lipinski definition) is 3. The highest BCUT2D eigenvalue weighted by atomic mass is 19.1. The summed E-state index contributed by atoms with van der Waals surface area (Å²) in [5.41, 5.74) is 3.81. The molecule has 134 valence electrons. The molecule has 3 heterocycles. The first kappa shape index (κ1) is 15.8. The Balaban J connectivity index is 1.67. The predicted octanol–water partition coefficient (Wildman–Crippen LogP) is 4.26. The third-order valence-corrected chi connectivity index (χ3v) is 5.01. The molecule has 0 aliphatic carbocycles. The number of carbonyl (C=O) groups excluding carboxylic acids is 1. The summed E-state index contributed by atoms with van der Waals surface area (Å²) in [5.74, 6) is -0.192. The van der Waals surface area contributed by atoms with E-state index in [-0.39, 0.29) is 5.91 Å². The topological polar surface area (TPSA) is 67.0 Å². The average Bonchev–Trinajstić information content (AvgIpc) is 3.28. The molecule has 6 heteroatoms. The molecule has 0 bridgehead atoms. The van der Waals surface area contributed by atoms with E-state index in [0.717, 1.165) is 22.0 Å². The lowest BCUT2D eigenvalue weighted by atomic mass is 9.92. The van der Waals surface area contributed by atoms with Gasteiger partial charge in [0.1, 0.15) is 17.2 Å². The molecule has 0 atom stereocenters. The molecule has 0 saturated heterocycles. The zero-order chi connectivity index (χ0) is 18.8. The van der Waals surface area contributed by atoms with Gasteiger partial charge in [-0.1, -0.05) is 12.1 Å². The molecular formula is C21H16FN3O2. The Labute approximate surface area is 154 Å². The Morgan fingerprint density at radius 3 is 2.85 bits per heavy atom. The van der Waals surface area contributed by atoms with Crippen molar-refractivity contribution in [3.8, 4) is 0 Å². The molecule has 3 aromatic rings. The van der Waals surface area contributed by atoms with E-state index in [9.17, 15) is 9.18 Å². The number of halogens is 1. The highest BCUT2D eigenvalue weighted by Crippen LogP contribution is 2.44. The van der Waals surface area contributed by atoms with Gasteiger partial charge in [0.05, 0.1) is 23.0 Å². The second kappa shape index (κ2) is 5.30. The minimum absolute atomic E-state index is 0.289. The number of anilines is 1. The van der Waals surface area contributed by atoms with Gasteiger partial charge >= 0.3 is 0 Å². The molecule has 1 amide bonds. The predicted molar refractivity (Wildman–Crippen MR) is 101 cm³/mol. The third-order valence-electron chi connectivity index (χ3n) is 5.01. The normalized spacial score (nSPS) is 20.4. The zero-order valence-corrected chi connectivity index (χ0v) is 14.8. The Morgan fingerprint density at radius 1 is 1.15 bits per heavy atom. The summed E-state index contributed by atoms with van der Waals surface area (Å²) in [4.78, 5) is 12.5. The van der Waals surface area contributed by atoms with Crippen LogP contribution in [0.5, 0.6) is 0 Å². The summed E-state index contributed by atoms with van der Waals surface area (Å²) in [5, 5.41) is 10.8. The van der Waals surface area contributed by atoms with E-state index in [1.807, 2.05) is 38.1 Å². The van der Waals surface area contributed by atoms with Gasteiger partial charge in [0, 0.05) is 16.5 Å². The Morgan fingerprint density at radius 2 is 2.00 bits per heavy atom. The summed E-state index contributed by atoms with van der Waals surface area (Å²) in [6, 6.07) is 10.3. The second-order valence-corrected chi connectivity index (χ2v) is 7.23. The van der Waals surface area contributed by atoms with Gasteiger partial charge in [-0.3, -0.25) is 9.89 Å². The number of allylic oxidation sites excluding steroid dienone is 1. The SMILES string of the molecule is CC1(C)O/C(=C2/C(=O)Nc3cc(F)ccc32)C=C1c1ccc2cn[nH]c2c1. The van der Waals surface area contributed by atoms with Crippen LogP contribution in [0.4, 0.5) is 10.1 Å². The molecule has 2 aliphatic rings. The molecule has 0 radical (unpaired) electrons. The molecule has 1 aromatic heterocycles. The Bertz CT molecular complexity index is 1190. The van der Waals surface area contributed by atoms with Gasteiger partial charge in [-0.25, -0.2) is 4.39 Å². The van der Waals surface area contributed by atoms with E-state index in [2.05, 4.69) is 15.5 Å². The lowest BCUT2D eigenvalue weighted by molar-refractivity contribution is -0.111. The molecule has 0 saturated carbocycles. The Hall–Kier alpha value is -3.41. The van der Waals surface area contributed by atoms with Crippen LogP contribution in [0.25, 0.3) is 22.0 Å². The van der Waals surface area contributed by atoms with Crippen LogP contribution in [0.3, 0.4) is 0 Å². The lowest BCUT2D eigenvalue weighted by Crippen LogP contribution is -2.21. The molecule has 5 nitrogen and oxygen atoms in total. The number of ether oxygens (including phenoxy) is 1. The fourth-order valence-electron chi connectivity index (χ4n) is 3.71. The van der Waals surface area contributed by atoms with Gasteiger partial charge in [0.15, 0.2) is 0 Å². The molecule has 2 aromatic carbocycles. The van der Waals surface area contributed by atoms with Crippen LogP contribution < -0.4 is 5.32 Å². The van der Waals surface area contributed by atoms with Crippen LogP contribution in [0.1, 0.15) is 25.0 Å². The van der Waals surface area contributed by atoms with Gasteiger partial charge < -0.3 is 10.1 Å². The number of nitrogens with zero attached hydrogens (tertiary/aromatic N) is 1. The number of benzene rings is 2. The summed E-state index contributed by atoms with van der Waals surface area (Å²) < 4.78 is 19.6. The smallest absolute Gasteiger partial charge is 0.260 e. The number of fused-ring (bicyclic) bond motifs is 2. The van der Waals surface area contributed by atoms with Crippen LogP contribution in [-0.4, -0.2) is 21.7 Å². The molecule has 0 fully saturated rings. The first-order valence-corrected chi connectivity index (χ1v) is 8.63. The minimum atomic E-state index is -0.612. The number of hydrogen-bond donors (Lipinski definition) is 2. The summed E-state index contributed by atoms with van der Waals surface area (Å²) in [7, 11) is 0. The van der Waals surface area contributed by atoms with E-state index in [1.165, 1.54) is 12.1 Å². The van der Waals surface area contributed by atoms with Gasteiger partial charge in [0.2, 0.25) is 0 Å². The zero-order valence-electron chi connectivity index (χ0n) is 14.8. The number of aromatic nitrogens is 2. The number of H-pyrrole nitrogens is 1. The first-order chi connectivity index (χ1) is 12.9. The summed E-state index contributed by atoms with van der Waals surface area (Å²) in [6.07, 6.45) is 3.67. The van der Waals surface area contributed by atoms with Gasteiger partial charge in [-0.2, -0.15) is 5.10 Å². The maximum atomic E-state index is 13.5. The van der Waals surface area contributed by atoms with Crippen molar-refractivity contribution in [3.63, 3.8) is 0 Å². The lowest BCUT2D eigenvalue weighted by Gasteiger charge is -2.23. The van der Waals surface area contributed by atoms with Crippen molar-refractivity contribution in [2.24, 2.45) is 0 Å². The standard InChI is InChI=1S/C21H16FN3O2/c1-21(2)15(11-3-4-12-10-23-25-16(12)7-11)9-18(27-21)19-14-6-5-13(22)8-17(14)24-20(19)26/h3-10H,1-2H3,(H,23,25)(H,24,26)/b19-18+. The molecular weight excluding hydrogens is 345 g/mol. The number of rotatable bonds is 1. The molecule has 0 spiro atoms. The van der Waals surface area contributed by atoms with Crippen molar-refractivity contribution in [1.82, 2.24) is 10.2 Å². The summed E-state index contributed by atoms with van der Waals surface area (Å²) in [6.45, 7) is 3.92. The molecule has 5 rings (SSSR count). The van der Waals surface area contributed by atoms with Crippen molar-refractivity contribution in [2.75, 3.05) is 5.32 Å². The number of carbonyl (C=O) groups is 1. The van der Waals surface area contributed by atoms with Crippen molar-refractivity contribution in [2.45, 2.75) is 19.4 Å². The Kier molecular flexibility index (Phi) is 3.10. The van der Waals surface area contributed by atoms with E-state index in [1.54, 1.807) is 12.3 Å². The quantitative estimate of drug-likeness (QED) is 0.637. The van der Waals surface area contributed by atoms with E-state index < -0.39 is 11.4 Å². The number of aromatic amines is 1. The fraction of sp³-hybridized carbons (Fsp3) is 0.143. The number of amides is 1. The summed E-state index contributed by atoms with van der Waals surface area (Å²) >= 11 is 0. The number of nitrogens with one attached hydrogen (secondary N) is 2. The van der Waals surface area contributed by atoms with Crippen LogP contribution in [0.15, 0.2) is 54.4 Å².